The van der Waals surface area contributed by atoms with Crippen LogP contribution in [0.1, 0.15) is 96.8 Å². The molecule has 41 heavy (non-hydrogen) atoms. The molecule has 0 radical (unpaired) electrons. The van der Waals surface area contributed by atoms with Gasteiger partial charge in [-0.25, -0.2) is 8.42 Å². The minimum absolute atomic E-state index is 0. The van der Waals surface area contributed by atoms with Crippen LogP contribution in [-0.4, -0.2) is 18.9 Å². The van der Waals surface area contributed by atoms with Crippen molar-refractivity contribution in [2.24, 2.45) is 10.2 Å². The predicted molar refractivity (Wildman–Crippen MR) is 158 cm³/mol. The summed E-state index contributed by atoms with van der Waals surface area (Å²) in [5.41, 5.74) is 0.775. The SMILES string of the molecule is CCCCCCCCCCCCCCCC(=O)Oc1ccc(/N=N/c2cccc(S(=O)(=O)[O-])c2)c2ccccc12.[Na+]. The maximum Gasteiger partial charge on any atom is 1.00 e. The summed E-state index contributed by atoms with van der Waals surface area (Å²) in [6, 6.07) is 16.2. The van der Waals surface area contributed by atoms with Crippen molar-refractivity contribution in [3.05, 3.63) is 60.7 Å². The predicted octanol–water partition coefficient (Wildman–Crippen LogP) is 6.55. The van der Waals surface area contributed by atoms with E-state index in [-0.39, 0.29) is 46.1 Å². The number of hydrogen-bond donors (Lipinski definition) is 0. The van der Waals surface area contributed by atoms with E-state index in [9.17, 15) is 17.8 Å². The second-order valence-corrected chi connectivity index (χ2v) is 11.6. The van der Waals surface area contributed by atoms with Gasteiger partial charge in [-0.3, -0.25) is 4.79 Å². The van der Waals surface area contributed by atoms with Crippen LogP contribution < -0.4 is 34.3 Å². The number of benzene rings is 3. The molecule has 0 unspecified atom stereocenters. The number of rotatable bonds is 18. The quantitative estimate of drug-likeness (QED) is 0.0418. The van der Waals surface area contributed by atoms with Gasteiger partial charge in [0.15, 0.2) is 0 Å². The fourth-order valence-electron chi connectivity index (χ4n) is 4.71. The van der Waals surface area contributed by atoms with Crippen LogP contribution in [0.2, 0.25) is 0 Å². The summed E-state index contributed by atoms with van der Waals surface area (Å²) < 4.78 is 39.5. The Morgan fingerprint density at radius 2 is 1.32 bits per heavy atom. The molecule has 0 heterocycles. The topological polar surface area (TPSA) is 108 Å². The zero-order chi connectivity index (χ0) is 28.6. The number of carbonyl (C=O) groups excluding carboxylic acids is 1. The molecule has 216 valence electrons. The van der Waals surface area contributed by atoms with E-state index >= 15 is 0 Å². The van der Waals surface area contributed by atoms with Gasteiger partial charge < -0.3 is 9.29 Å². The fraction of sp³-hybridized carbons (Fsp3) is 0.469. The van der Waals surface area contributed by atoms with Gasteiger partial charge in [0.25, 0.3) is 0 Å². The molecule has 0 aromatic heterocycles. The van der Waals surface area contributed by atoms with E-state index in [2.05, 4.69) is 17.2 Å². The molecular formula is C32H41N2NaO5S. The minimum Gasteiger partial charge on any atom is -0.744 e. The average Bonchev–Trinajstić information content (AvgIpc) is 2.95. The molecule has 0 bridgehead atoms. The number of carbonyl (C=O) groups is 1. The first-order chi connectivity index (χ1) is 19.4. The van der Waals surface area contributed by atoms with Gasteiger partial charge in [-0.15, -0.1) is 5.11 Å². The third-order valence-corrected chi connectivity index (χ3v) is 7.78. The molecule has 3 aromatic carbocycles. The average molecular weight is 589 g/mol. The first kappa shape index (κ1) is 35.1. The van der Waals surface area contributed by atoms with Crippen LogP contribution in [0.15, 0.2) is 75.8 Å². The molecule has 0 aliphatic heterocycles. The van der Waals surface area contributed by atoms with Crippen molar-refractivity contribution < 1.29 is 52.1 Å². The summed E-state index contributed by atoms with van der Waals surface area (Å²) in [6.07, 6.45) is 16.7. The maximum atomic E-state index is 12.5. The Balaban J connectivity index is 0.00000588. The normalized spacial score (nSPS) is 11.6. The van der Waals surface area contributed by atoms with Gasteiger partial charge in [0.1, 0.15) is 15.9 Å². The molecule has 0 saturated heterocycles. The van der Waals surface area contributed by atoms with Crippen molar-refractivity contribution in [1.29, 1.82) is 0 Å². The molecule has 0 amide bonds. The van der Waals surface area contributed by atoms with E-state index in [1.807, 2.05) is 24.3 Å². The third-order valence-electron chi connectivity index (χ3n) is 6.95. The fourth-order valence-corrected chi connectivity index (χ4v) is 5.22. The molecule has 7 nitrogen and oxygen atoms in total. The number of nitrogens with zero attached hydrogens (tertiary/aromatic N) is 2. The summed E-state index contributed by atoms with van der Waals surface area (Å²) in [4.78, 5) is 12.2. The molecule has 0 N–H and O–H groups in total. The first-order valence-corrected chi connectivity index (χ1v) is 16.0. The van der Waals surface area contributed by atoms with Gasteiger partial charge >= 0.3 is 35.5 Å². The Morgan fingerprint density at radius 1 is 0.732 bits per heavy atom. The van der Waals surface area contributed by atoms with Crippen LogP contribution in [0.3, 0.4) is 0 Å². The largest absolute Gasteiger partial charge is 1.00 e. The molecule has 0 fully saturated rings. The van der Waals surface area contributed by atoms with Gasteiger partial charge in [-0.2, -0.15) is 5.11 Å². The monoisotopic (exact) mass is 588 g/mol. The number of azo groups is 1. The van der Waals surface area contributed by atoms with Gasteiger partial charge in [0.05, 0.1) is 16.3 Å². The Hall–Kier alpha value is -2.10. The molecule has 0 aliphatic carbocycles. The molecule has 0 aliphatic rings. The molecule has 3 rings (SSSR count). The number of esters is 1. The summed E-state index contributed by atoms with van der Waals surface area (Å²) in [7, 11) is -4.58. The van der Waals surface area contributed by atoms with Crippen molar-refractivity contribution in [2.45, 2.75) is 102 Å². The van der Waals surface area contributed by atoms with Gasteiger partial charge in [0.2, 0.25) is 0 Å². The summed E-state index contributed by atoms with van der Waals surface area (Å²) in [5, 5.41) is 9.83. The van der Waals surface area contributed by atoms with Crippen LogP contribution in [0.5, 0.6) is 5.75 Å². The van der Waals surface area contributed by atoms with E-state index in [1.165, 1.54) is 82.4 Å². The minimum atomic E-state index is -4.58. The van der Waals surface area contributed by atoms with Gasteiger partial charge in [-0.05, 0) is 36.8 Å². The molecule has 0 saturated carbocycles. The second-order valence-electron chi connectivity index (χ2n) is 10.2. The Morgan fingerprint density at radius 3 is 1.93 bits per heavy atom. The van der Waals surface area contributed by atoms with Crippen molar-refractivity contribution in [3.8, 4) is 5.75 Å². The Kier molecular flexibility index (Phi) is 16.4. The Labute approximate surface area is 267 Å². The molecule has 3 aromatic rings. The third kappa shape index (κ3) is 12.7. The maximum absolute atomic E-state index is 12.5. The van der Waals surface area contributed by atoms with E-state index < -0.39 is 10.1 Å². The van der Waals surface area contributed by atoms with Crippen molar-refractivity contribution in [1.82, 2.24) is 0 Å². The summed E-state index contributed by atoms with van der Waals surface area (Å²) in [5.74, 6) is 0.215. The zero-order valence-corrected chi connectivity index (χ0v) is 27.3. The van der Waals surface area contributed by atoms with Crippen LogP contribution >= 0.6 is 0 Å². The zero-order valence-electron chi connectivity index (χ0n) is 24.5. The van der Waals surface area contributed by atoms with E-state index in [4.69, 9.17) is 4.74 Å². The van der Waals surface area contributed by atoms with E-state index in [0.29, 0.717) is 17.9 Å². The van der Waals surface area contributed by atoms with Crippen molar-refractivity contribution in [2.75, 3.05) is 0 Å². The Bertz CT molecular complexity index is 1360. The first-order valence-electron chi connectivity index (χ1n) is 14.6. The van der Waals surface area contributed by atoms with Gasteiger partial charge in [0, 0.05) is 17.2 Å². The summed E-state index contributed by atoms with van der Waals surface area (Å²) >= 11 is 0. The smallest absolute Gasteiger partial charge is 0.744 e. The number of fused-ring (bicyclic) bond motifs is 1. The van der Waals surface area contributed by atoms with Crippen LogP contribution in [-0.2, 0) is 14.9 Å². The van der Waals surface area contributed by atoms with Crippen LogP contribution in [0.25, 0.3) is 10.8 Å². The van der Waals surface area contributed by atoms with E-state index in [0.717, 1.165) is 30.0 Å². The van der Waals surface area contributed by atoms with Gasteiger partial charge in [-0.1, -0.05) is 114 Å². The number of ether oxygens (including phenoxy) is 1. The van der Waals surface area contributed by atoms with Crippen LogP contribution in [0.4, 0.5) is 11.4 Å². The molecular weight excluding hydrogens is 547 g/mol. The molecule has 0 spiro atoms. The molecule has 0 atom stereocenters. The standard InChI is InChI=1S/C32H42N2O5S.Na/c1-2-3-4-5-6-7-8-9-10-11-12-13-14-22-32(35)39-31-24-23-30(28-20-15-16-21-29(28)31)34-33-26-18-17-19-27(25-26)40(36,37)38;/h15-21,23-25H,2-14,22H2,1H3,(H,36,37,38);/q;+1/p-1/b34-33+;. The molecule has 9 heteroatoms. The van der Waals surface area contributed by atoms with Crippen molar-refractivity contribution >= 4 is 38.2 Å². The van der Waals surface area contributed by atoms with Crippen LogP contribution in [0, 0.1) is 0 Å². The van der Waals surface area contributed by atoms with Crippen molar-refractivity contribution in [3.63, 3.8) is 0 Å². The second kappa shape index (κ2) is 19.2. The number of hydrogen-bond acceptors (Lipinski definition) is 7. The summed E-state index contributed by atoms with van der Waals surface area (Å²) in [6.45, 7) is 2.25. The van der Waals surface area contributed by atoms with E-state index in [1.54, 1.807) is 18.2 Å². The number of unbranched alkanes of at least 4 members (excludes halogenated alkanes) is 12.